The van der Waals surface area contributed by atoms with Crippen molar-refractivity contribution in [2.24, 2.45) is 5.92 Å². The summed E-state index contributed by atoms with van der Waals surface area (Å²) in [6, 6.07) is 19.5. The monoisotopic (exact) mass is 405 g/mol. The van der Waals surface area contributed by atoms with E-state index < -0.39 is 24.0 Å². The van der Waals surface area contributed by atoms with Crippen LogP contribution in [0.4, 0.5) is 11.4 Å². The van der Waals surface area contributed by atoms with Gasteiger partial charge >= 0.3 is 0 Å². The third-order valence-corrected chi connectivity index (χ3v) is 5.59. The van der Waals surface area contributed by atoms with Crippen LogP contribution >= 0.6 is 11.6 Å². The van der Waals surface area contributed by atoms with Gasteiger partial charge in [0, 0.05) is 12.4 Å². The molecule has 3 atom stereocenters. The molecule has 29 heavy (non-hydrogen) atoms. The van der Waals surface area contributed by atoms with Gasteiger partial charge in [-0.05, 0) is 42.0 Å². The molecule has 5 rings (SSSR count). The average Bonchev–Trinajstić information content (AvgIpc) is 3.26. The number of carbonyl (C=O) groups is 2. The minimum absolute atomic E-state index is 0.326. The molecule has 6 nitrogen and oxygen atoms in total. The zero-order valence-corrected chi connectivity index (χ0v) is 15.9. The lowest BCUT2D eigenvalue weighted by Gasteiger charge is -2.28. The summed E-state index contributed by atoms with van der Waals surface area (Å²) in [5.41, 5.74) is 1.99. The molecule has 0 N–H and O–H groups in total. The first-order valence-electron chi connectivity index (χ1n) is 9.20. The van der Waals surface area contributed by atoms with E-state index in [0.717, 1.165) is 16.2 Å². The number of carbonyl (C=O) groups excluding carboxylic acids is 2. The number of fused-ring (bicyclic) bond motifs is 1. The van der Waals surface area contributed by atoms with Crippen LogP contribution in [0.1, 0.15) is 11.6 Å². The van der Waals surface area contributed by atoms with Gasteiger partial charge in [-0.25, -0.2) is 9.96 Å². The van der Waals surface area contributed by atoms with Gasteiger partial charge in [-0.3, -0.25) is 19.4 Å². The van der Waals surface area contributed by atoms with E-state index in [1.165, 1.54) is 0 Å². The third kappa shape index (κ3) is 2.80. The van der Waals surface area contributed by atoms with Crippen LogP contribution in [-0.2, 0) is 14.4 Å². The Labute approximate surface area is 172 Å². The Morgan fingerprint density at radius 3 is 2.28 bits per heavy atom. The molecule has 0 spiro atoms. The van der Waals surface area contributed by atoms with Crippen molar-refractivity contribution in [1.29, 1.82) is 0 Å². The fourth-order valence-electron chi connectivity index (χ4n) is 3.98. The van der Waals surface area contributed by atoms with E-state index in [-0.39, 0.29) is 5.91 Å². The number of hydroxylamine groups is 1. The molecule has 2 aliphatic heterocycles. The summed E-state index contributed by atoms with van der Waals surface area (Å²) >= 11 is 6.26. The van der Waals surface area contributed by atoms with E-state index in [4.69, 9.17) is 16.4 Å². The van der Waals surface area contributed by atoms with Crippen LogP contribution < -0.4 is 9.96 Å². The van der Waals surface area contributed by atoms with Gasteiger partial charge in [-0.1, -0.05) is 41.9 Å². The lowest BCUT2D eigenvalue weighted by molar-refractivity contribution is -0.126. The molecule has 1 aromatic heterocycles. The summed E-state index contributed by atoms with van der Waals surface area (Å²) in [4.78, 5) is 37.9. The number of anilines is 2. The van der Waals surface area contributed by atoms with Gasteiger partial charge in [0.25, 0.3) is 5.91 Å². The predicted molar refractivity (Wildman–Crippen MR) is 108 cm³/mol. The van der Waals surface area contributed by atoms with Gasteiger partial charge in [-0.2, -0.15) is 0 Å². The second-order valence-electron chi connectivity index (χ2n) is 6.90. The molecular weight excluding hydrogens is 390 g/mol. The number of benzene rings is 2. The highest BCUT2D eigenvalue weighted by molar-refractivity contribution is 6.36. The van der Waals surface area contributed by atoms with E-state index in [1.54, 1.807) is 41.7 Å². The summed E-state index contributed by atoms with van der Waals surface area (Å²) in [7, 11) is 0. The third-order valence-electron chi connectivity index (χ3n) is 5.27. The number of halogens is 1. The molecule has 0 unspecified atom stereocenters. The summed E-state index contributed by atoms with van der Waals surface area (Å²) in [6.07, 6.45) is 2.41. The fourth-order valence-corrected chi connectivity index (χ4v) is 4.20. The lowest BCUT2D eigenvalue weighted by Crippen LogP contribution is -2.37. The maximum Gasteiger partial charge on any atom is 0.266 e. The number of nitrogens with zero attached hydrogens (tertiary/aromatic N) is 3. The van der Waals surface area contributed by atoms with Crippen LogP contribution in [0.25, 0.3) is 0 Å². The summed E-state index contributed by atoms with van der Waals surface area (Å²) < 4.78 is 0. The van der Waals surface area contributed by atoms with Crippen LogP contribution in [0, 0.1) is 5.92 Å². The summed E-state index contributed by atoms with van der Waals surface area (Å²) in [5.74, 6) is -1.43. The van der Waals surface area contributed by atoms with Gasteiger partial charge in [0.05, 0.1) is 22.4 Å². The lowest BCUT2D eigenvalue weighted by atomic mass is 9.91. The molecule has 0 saturated carbocycles. The first-order valence-corrected chi connectivity index (χ1v) is 9.58. The molecule has 2 amide bonds. The smallest absolute Gasteiger partial charge is 0.266 e. The molecule has 0 bridgehead atoms. The van der Waals surface area contributed by atoms with Crippen LogP contribution in [0.3, 0.4) is 0 Å². The Hall–Kier alpha value is -3.22. The van der Waals surface area contributed by atoms with Gasteiger partial charge < -0.3 is 0 Å². The SMILES string of the molecule is O=C1[C@H]2[C@@H](ON(c3ccccc3)[C@H]2c2ccncc2)C(=O)N1c1ccccc1Cl. The van der Waals surface area contributed by atoms with Gasteiger partial charge in [0.1, 0.15) is 5.92 Å². The average molecular weight is 406 g/mol. The number of para-hydroxylation sites is 2. The Morgan fingerprint density at radius 2 is 1.55 bits per heavy atom. The van der Waals surface area contributed by atoms with E-state index in [0.29, 0.717) is 10.7 Å². The number of aromatic nitrogens is 1. The molecule has 0 aliphatic carbocycles. The molecule has 0 radical (unpaired) electrons. The number of amides is 2. The Morgan fingerprint density at radius 1 is 0.862 bits per heavy atom. The number of hydrogen-bond donors (Lipinski definition) is 0. The molecule has 7 heteroatoms. The summed E-state index contributed by atoms with van der Waals surface area (Å²) in [6.45, 7) is 0. The topological polar surface area (TPSA) is 62.7 Å². The maximum atomic E-state index is 13.4. The standard InChI is InChI=1S/C22H16ClN3O3/c23-16-8-4-5-9-17(16)25-21(27)18-19(14-10-12-24-13-11-14)26(29-20(18)22(25)28)15-6-2-1-3-7-15/h1-13,18-20H/t18-,19+,20-/m1/s1. The zero-order valence-electron chi connectivity index (χ0n) is 15.2. The van der Waals surface area contributed by atoms with E-state index in [9.17, 15) is 9.59 Å². The van der Waals surface area contributed by atoms with Gasteiger partial charge in [-0.15, -0.1) is 0 Å². The minimum atomic E-state index is -0.919. The van der Waals surface area contributed by atoms with Crippen molar-refractivity contribution in [2.75, 3.05) is 9.96 Å². The molecule has 2 aromatic carbocycles. The second kappa shape index (κ2) is 6.99. The Balaban J connectivity index is 1.60. The molecular formula is C22H16ClN3O3. The molecule has 2 aliphatic rings. The Kier molecular flexibility index (Phi) is 4.30. The van der Waals surface area contributed by atoms with E-state index in [1.807, 2.05) is 42.5 Å². The highest BCUT2D eigenvalue weighted by Gasteiger charge is 2.60. The molecule has 2 fully saturated rings. The Bertz CT molecular complexity index is 1080. The first-order chi connectivity index (χ1) is 14.2. The van der Waals surface area contributed by atoms with Crippen molar-refractivity contribution in [2.45, 2.75) is 12.1 Å². The molecule has 144 valence electrons. The minimum Gasteiger partial charge on any atom is -0.273 e. The highest BCUT2D eigenvalue weighted by Crippen LogP contribution is 2.48. The summed E-state index contributed by atoms with van der Waals surface area (Å²) in [5, 5.41) is 2.00. The molecule has 3 aromatic rings. The van der Waals surface area contributed by atoms with Crippen molar-refractivity contribution in [3.05, 3.63) is 89.7 Å². The van der Waals surface area contributed by atoms with Gasteiger partial charge in [0.15, 0.2) is 6.10 Å². The second-order valence-corrected chi connectivity index (χ2v) is 7.31. The molecule has 2 saturated heterocycles. The van der Waals surface area contributed by atoms with Crippen LogP contribution in [0.15, 0.2) is 79.1 Å². The predicted octanol–water partition coefficient (Wildman–Crippen LogP) is 3.79. The van der Waals surface area contributed by atoms with Crippen molar-refractivity contribution < 1.29 is 14.4 Å². The normalized spacial score (nSPS) is 23.6. The van der Waals surface area contributed by atoms with Crippen LogP contribution in [0.2, 0.25) is 5.02 Å². The van der Waals surface area contributed by atoms with Crippen molar-refractivity contribution >= 4 is 34.8 Å². The van der Waals surface area contributed by atoms with Crippen molar-refractivity contribution in [3.8, 4) is 0 Å². The quantitative estimate of drug-likeness (QED) is 0.620. The van der Waals surface area contributed by atoms with Crippen molar-refractivity contribution in [1.82, 2.24) is 4.98 Å². The van der Waals surface area contributed by atoms with Gasteiger partial charge in [0.2, 0.25) is 5.91 Å². The van der Waals surface area contributed by atoms with E-state index >= 15 is 0 Å². The zero-order chi connectivity index (χ0) is 20.0. The van der Waals surface area contributed by atoms with Crippen molar-refractivity contribution in [3.63, 3.8) is 0 Å². The molecule has 3 heterocycles. The number of pyridine rings is 1. The first kappa shape index (κ1) is 17.8. The van der Waals surface area contributed by atoms with Crippen LogP contribution in [0.5, 0.6) is 0 Å². The highest BCUT2D eigenvalue weighted by atomic mass is 35.5. The largest absolute Gasteiger partial charge is 0.273 e. The number of hydrogen-bond acceptors (Lipinski definition) is 5. The number of rotatable bonds is 3. The van der Waals surface area contributed by atoms with Crippen LogP contribution in [-0.4, -0.2) is 22.9 Å². The van der Waals surface area contributed by atoms with E-state index in [2.05, 4.69) is 4.98 Å². The fraction of sp³-hybridized carbons (Fsp3) is 0.136. The maximum absolute atomic E-state index is 13.4. The number of imide groups is 1.